The summed E-state index contributed by atoms with van der Waals surface area (Å²) >= 11 is 0. The number of allylic oxidation sites excluding steroid dienone is 1. The van der Waals surface area contributed by atoms with E-state index < -0.39 is 0 Å². The number of benzene rings is 1. The predicted octanol–water partition coefficient (Wildman–Crippen LogP) is 5.97. The van der Waals surface area contributed by atoms with E-state index in [9.17, 15) is 0 Å². The second-order valence-corrected chi connectivity index (χ2v) is 6.42. The van der Waals surface area contributed by atoms with Crippen LogP contribution in [0.15, 0.2) is 36.0 Å². The standard InChI is InChI=1S/C19H24N2.C2H6/c1-5-16-11-18-15(12-19(16,4)6-2)13-20-21(18)17-9-7-14(3)8-10-17;1-2/h7-11,13H,5-6,12H2,1-4H3;1-2H3. The topological polar surface area (TPSA) is 17.8 Å². The van der Waals surface area contributed by atoms with Crippen molar-refractivity contribution in [3.8, 4) is 5.69 Å². The van der Waals surface area contributed by atoms with Crippen molar-refractivity contribution in [1.82, 2.24) is 9.78 Å². The Labute approximate surface area is 141 Å². The Hall–Kier alpha value is -1.83. The van der Waals surface area contributed by atoms with Gasteiger partial charge in [0.1, 0.15) is 0 Å². The molecular formula is C21H30N2. The summed E-state index contributed by atoms with van der Waals surface area (Å²) in [7, 11) is 0. The van der Waals surface area contributed by atoms with E-state index in [4.69, 9.17) is 0 Å². The van der Waals surface area contributed by atoms with Gasteiger partial charge in [-0.15, -0.1) is 0 Å². The van der Waals surface area contributed by atoms with Crippen molar-refractivity contribution in [3.63, 3.8) is 0 Å². The summed E-state index contributed by atoms with van der Waals surface area (Å²) in [6.45, 7) is 13.1. The molecule has 0 amide bonds. The van der Waals surface area contributed by atoms with E-state index in [-0.39, 0.29) is 0 Å². The lowest BCUT2D eigenvalue weighted by Crippen LogP contribution is -2.24. The summed E-state index contributed by atoms with van der Waals surface area (Å²) in [5, 5.41) is 4.64. The highest BCUT2D eigenvalue weighted by Gasteiger charge is 2.32. The maximum absolute atomic E-state index is 4.64. The predicted molar refractivity (Wildman–Crippen MR) is 100 cm³/mol. The van der Waals surface area contributed by atoms with E-state index in [1.807, 2.05) is 20.0 Å². The average Bonchev–Trinajstić information content (AvgIpc) is 2.98. The summed E-state index contributed by atoms with van der Waals surface area (Å²) in [5.41, 5.74) is 6.91. The zero-order valence-corrected chi connectivity index (χ0v) is 15.5. The first-order chi connectivity index (χ1) is 11.1. The lowest BCUT2D eigenvalue weighted by Gasteiger charge is -2.34. The molecular weight excluding hydrogens is 280 g/mol. The Bertz CT molecular complexity index is 676. The fraction of sp³-hybridized carbons (Fsp3) is 0.476. The Morgan fingerprint density at radius 1 is 1.13 bits per heavy atom. The van der Waals surface area contributed by atoms with Gasteiger partial charge in [0.2, 0.25) is 0 Å². The zero-order chi connectivity index (χ0) is 17.0. The highest BCUT2D eigenvalue weighted by atomic mass is 15.3. The summed E-state index contributed by atoms with van der Waals surface area (Å²) < 4.78 is 2.08. The van der Waals surface area contributed by atoms with Gasteiger partial charge in [-0.25, -0.2) is 4.68 Å². The normalized spacial score (nSPS) is 19.5. The van der Waals surface area contributed by atoms with E-state index in [0.29, 0.717) is 5.41 Å². The number of aryl methyl sites for hydroxylation is 1. The van der Waals surface area contributed by atoms with Crippen LogP contribution < -0.4 is 0 Å². The Morgan fingerprint density at radius 2 is 1.78 bits per heavy atom. The van der Waals surface area contributed by atoms with Crippen molar-refractivity contribution in [1.29, 1.82) is 0 Å². The molecule has 0 spiro atoms. The number of nitrogens with zero attached hydrogens (tertiary/aromatic N) is 2. The van der Waals surface area contributed by atoms with Crippen LogP contribution in [-0.2, 0) is 6.42 Å². The molecule has 124 valence electrons. The molecule has 1 unspecified atom stereocenters. The molecule has 0 fully saturated rings. The van der Waals surface area contributed by atoms with Gasteiger partial charge in [0.25, 0.3) is 0 Å². The molecule has 23 heavy (non-hydrogen) atoms. The Morgan fingerprint density at radius 3 is 2.35 bits per heavy atom. The molecule has 1 aliphatic carbocycles. The lowest BCUT2D eigenvalue weighted by atomic mass is 9.70. The molecule has 0 aliphatic heterocycles. The number of fused-ring (bicyclic) bond motifs is 1. The van der Waals surface area contributed by atoms with E-state index in [1.165, 1.54) is 23.2 Å². The van der Waals surface area contributed by atoms with Crippen molar-refractivity contribution in [2.75, 3.05) is 0 Å². The molecule has 1 aromatic carbocycles. The Balaban J connectivity index is 0.000000924. The minimum Gasteiger partial charge on any atom is -0.233 e. The summed E-state index contributed by atoms with van der Waals surface area (Å²) in [6.07, 6.45) is 7.82. The molecule has 0 saturated carbocycles. The first-order valence-electron chi connectivity index (χ1n) is 8.92. The molecule has 3 rings (SSSR count). The summed E-state index contributed by atoms with van der Waals surface area (Å²) in [4.78, 5) is 0. The minimum absolute atomic E-state index is 0.295. The zero-order valence-electron chi connectivity index (χ0n) is 15.5. The van der Waals surface area contributed by atoms with Gasteiger partial charge in [0, 0.05) is 0 Å². The van der Waals surface area contributed by atoms with Crippen LogP contribution in [-0.4, -0.2) is 9.78 Å². The van der Waals surface area contributed by atoms with Gasteiger partial charge < -0.3 is 0 Å². The molecule has 1 aliphatic rings. The monoisotopic (exact) mass is 310 g/mol. The van der Waals surface area contributed by atoms with Crippen molar-refractivity contribution < 1.29 is 0 Å². The van der Waals surface area contributed by atoms with Gasteiger partial charge >= 0.3 is 0 Å². The summed E-state index contributed by atoms with van der Waals surface area (Å²) in [6, 6.07) is 8.59. The molecule has 2 nitrogen and oxygen atoms in total. The molecule has 1 heterocycles. The van der Waals surface area contributed by atoms with Crippen LogP contribution >= 0.6 is 0 Å². The number of hydrogen-bond donors (Lipinski definition) is 0. The summed E-state index contributed by atoms with van der Waals surface area (Å²) in [5.74, 6) is 0. The van der Waals surface area contributed by atoms with Gasteiger partial charge in [0.15, 0.2) is 0 Å². The van der Waals surface area contributed by atoms with E-state index in [1.54, 1.807) is 5.57 Å². The molecule has 2 heteroatoms. The Kier molecular flexibility index (Phi) is 5.46. The first kappa shape index (κ1) is 17.5. The van der Waals surface area contributed by atoms with Crippen LogP contribution in [0.3, 0.4) is 0 Å². The largest absolute Gasteiger partial charge is 0.233 e. The molecule has 0 bridgehead atoms. The van der Waals surface area contributed by atoms with Crippen molar-refractivity contribution in [2.45, 2.75) is 60.8 Å². The quantitative estimate of drug-likeness (QED) is 0.682. The SMILES string of the molecule is CC.CCC1=Cc2c(cnn2-c2ccc(C)cc2)CC1(C)CC. The number of hydrogen-bond acceptors (Lipinski definition) is 1. The number of aromatic nitrogens is 2. The first-order valence-corrected chi connectivity index (χ1v) is 8.92. The third-order valence-corrected chi connectivity index (χ3v) is 4.99. The van der Waals surface area contributed by atoms with Gasteiger partial charge in [-0.1, -0.05) is 57.9 Å². The highest BCUT2D eigenvalue weighted by molar-refractivity contribution is 5.60. The molecule has 1 atom stereocenters. The second kappa shape index (κ2) is 7.16. The fourth-order valence-electron chi connectivity index (χ4n) is 3.33. The van der Waals surface area contributed by atoms with Crippen molar-refractivity contribution in [2.24, 2.45) is 5.41 Å². The third-order valence-electron chi connectivity index (χ3n) is 4.99. The van der Waals surface area contributed by atoms with Crippen LogP contribution in [0.5, 0.6) is 0 Å². The molecule has 0 radical (unpaired) electrons. The van der Waals surface area contributed by atoms with E-state index in [0.717, 1.165) is 18.5 Å². The molecule has 0 N–H and O–H groups in total. The van der Waals surface area contributed by atoms with Gasteiger partial charge in [-0.2, -0.15) is 5.10 Å². The van der Waals surface area contributed by atoms with Gasteiger partial charge in [-0.05, 0) is 55.4 Å². The van der Waals surface area contributed by atoms with Crippen LogP contribution in [0.1, 0.15) is 64.3 Å². The van der Waals surface area contributed by atoms with Gasteiger partial charge in [0.05, 0.1) is 17.6 Å². The minimum atomic E-state index is 0.295. The van der Waals surface area contributed by atoms with Gasteiger partial charge in [-0.3, -0.25) is 0 Å². The molecule has 0 saturated heterocycles. The van der Waals surface area contributed by atoms with Crippen LogP contribution in [0.4, 0.5) is 0 Å². The average molecular weight is 310 g/mol. The lowest BCUT2D eigenvalue weighted by molar-refractivity contribution is 0.367. The van der Waals surface area contributed by atoms with Crippen LogP contribution in [0.2, 0.25) is 0 Å². The van der Waals surface area contributed by atoms with E-state index in [2.05, 4.69) is 67.8 Å². The third kappa shape index (κ3) is 3.26. The maximum Gasteiger partial charge on any atom is 0.0700 e. The van der Waals surface area contributed by atoms with E-state index >= 15 is 0 Å². The molecule has 2 aromatic rings. The highest BCUT2D eigenvalue weighted by Crippen LogP contribution is 2.42. The number of rotatable bonds is 3. The molecule has 1 aromatic heterocycles. The second-order valence-electron chi connectivity index (χ2n) is 6.42. The van der Waals surface area contributed by atoms with Crippen molar-refractivity contribution >= 4 is 6.08 Å². The van der Waals surface area contributed by atoms with Crippen molar-refractivity contribution in [3.05, 3.63) is 52.9 Å². The maximum atomic E-state index is 4.64. The fourth-order valence-corrected chi connectivity index (χ4v) is 3.33. The van der Waals surface area contributed by atoms with Crippen LogP contribution in [0, 0.1) is 12.3 Å². The smallest absolute Gasteiger partial charge is 0.0700 e. The van der Waals surface area contributed by atoms with Crippen LogP contribution in [0.25, 0.3) is 11.8 Å².